The van der Waals surface area contributed by atoms with Crippen molar-refractivity contribution in [2.45, 2.75) is 51.0 Å². The minimum Gasteiger partial charge on any atom is -0.475 e. The van der Waals surface area contributed by atoms with Crippen LogP contribution in [0.4, 0.5) is 13.2 Å². The van der Waals surface area contributed by atoms with E-state index in [0.717, 1.165) is 22.3 Å². The van der Waals surface area contributed by atoms with Gasteiger partial charge in [-0.2, -0.15) is 13.2 Å². The van der Waals surface area contributed by atoms with Gasteiger partial charge in [0.05, 0.1) is 5.92 Å². The van der Waals surface area contributed by atoms with Crippen LogP contribution in [0.3, 0.4) is 0 Å². The molecule has 0 radical (unpaired) electrons. The molecule has 3 amide bonds. The molecule has 0 saturated heterocycles. The third-order valence-electron chi connectivity index (χ3n) is 6.38. The second-order valence-electron chi connectivity index (χ2n) is 10.0. The zero-order valence-electron chi connectivity index (χ0n) is 25.1. The predicted molar refractivity (Wildman–Crippen MR) is 166 cm³/mol. The van der Waals surface area contributed by atoms with E-state index in [1.165, 1.54) is 6.92 Å². The van der Waals surface area contributed by atoms with Gasteiger partial charge in [-0.1, -0.05) is 84.9 Å². The fourth-order valence-electron chi connectivity index (χ4n) is 4.13. The topological polar surface area (TPSA) is 189 Å². The van der Waals surface area contributed by atoms with Crippen molar-refractivity contribution in [3.63, 3.8) is 0 Å². The zero-order chi connectivity index (χ0) is 34.1. The Kier molecular flexibility index (Phi) is 14.7. The van der Waals surface area contributed by atoms with Gasteiger partial charge in [0.2, 0.25) is 17.7 Å². The first kappa shape index (κ1) is 36.8. The van der Waals surface area contributed by atoms with Gasteiger partial charge in [-0.05, 0) is 35.1 Å². The van der Waals surface area contributed by atoms with Gasteiger partial charge >= 0.3 is 12.1 Å². The summed E-state index contributed by atoms with van der Waals surface area (Å²) in [6.07, 6.45) is -4.21. The summed E-state index contributed by atoms with van der Waals surface area (Å²) in [6, 6.07) is 25.8. The summed E-state index contributed by atoms with van der Waals surface area (Å²) < 4.78 is 31.7. The summed E-state index contributed by atoms with van der Waals surface area (Å²) in [5.74, 6) is -4.01. The van der Waals surface area contributed by atoms with Crippen molar-refractivity contribution in [1.29, 1.82) is 0 Å². The molecular formula is C32H37F3N6O5. The van der Waals surface area contributed by atoms with Crippen molar-refractivity contribution in [3.8, 4) is 0 Å². The molecule has 0 saturated carbocycles. The van der Waals surface area contributed by atoms with Crippen LogP contribution in [0.15, 0.2) is 89.9 Å². The number of carboxylic acid groups (broad SMARTS) is 1. The molecule has 0 aliphatic rings. The average Bonchev–Trinajstić information content (AvgIpc) is 3.01. The maximum atomic E-state index is 13.6. The number of benzene rings is 3. The standard InChI is InChI=1S/C30H36N6O3.C2HF3O2/c1-21(37)34-19-22-14-16-23(17-15-22)20-35-28(38)26(13-8-18-33-30(31)32)36-29(39)27(24-9-4-2-5-10-24)25-11-6-3-7-12-25;3-2(4,5)1(6)7/h2-7,9-12,14-17,26-27H,8,13,18-20H2,1H3,(H,34,37)(H,35,38)(H,36,39)(H4,31,32,33);(H,6,7)/t26-;/m1./s1. The highest BCUT2D eigenvalue weighted by Gasteiger charge is 2.38. The first-order chi connectivity index (χ1) is 21.8. The number of halogens is 3. The number of guanidine groups is 1. The maximum absolute atomic E-state index is 13.6. The van der Waals surface area contributed by atoms with Crippen molar-refractivity contribution in [2.24, 2.45) is 16.5 Å². The Labute approximate surface area is 264 Å². The summed E-state index contributed by atoms with van der Waals surface area (Å²) in [6.45, 7) is 2.55. The molecule has 0 aliphatic carbocycles. The summed E-state index contributed by atoms with van der Waals surface area (Å²) in [5.41, 5.74) is 14.4. The van der Waals surface area contributed by atoms with Crippen molar-refractivity contribution >= 4 is 29.7 Å². The number of aliphatic imine (C=N–C) groups is 1. The van der Waals surface area contributed by atoms with E-state index >= 15 is 0 Å². The van der Waals surface area contributed by atoms with E-state index in [1.54, 1.807) is 0 Å². The number of aliphatic carboxylic acids is 1. The summed E-state index contributed by atoms with van der Waals surface area (Å²) in [7, 11) is 0. The molecule has 8 N–H and O–H groups in total. The number of hydrogen-bond acceptors (Lipinski definition) is 5. The number of carbonyl (C=O) groups is 4. The van der Waals surface area contributed by atoms with E-state index in [9.17, 15) is 27.6 Å². The summed E-state index contributed by atoms with van der Waals surface area (Å²) >= 11 is 0. The molecule has 3 aromatic rings. The maximum Gasteiger partial charge on any atom is 0.490 e. The molecular weight excluding hydrogens is 605 g/mol. The predicted octanol–water partition coefficient (Wildman–Crippen LogP) is 2.94. The smallest absolute Gasteiger partial charge is 0.475 e. The number of hydrogen-bond donors (Lipinski definition) is 6. The molecule has 0 spiro atoms. The van der Waals surface area contributed by atoms with E-state index in [4.69, 9.17) is 21.4 Å². The molecule has 0 aliphatic heterocycles. The van der Waals surface area contributed by atoms with Crippen LogP contribution in [0.5, 0.6) is 0 Å². The molecule has 246 valence electrons. The minimum atomic E-state index is -5.08. The molecule has 0 fully saturated rings. The Morgan fingerprint density at radius 2 is 1.24 bits per heavy atom. The highest BCUT2D eigenvalue weighted by molar-refractivity contribution is 5.92. The van der Waals surface area contributed by atoms with Crippen LogP contribution in [0.2, 0.25) is 0 Å². The van der Waals surface area contributed by atoms with Crippen LogP contribution < -0.4 is 27.4 Å². The van der Waals surface area contributed by atoms with Crippen molar-refractivity contribution in [3.05, 3.63) is 107 Å². The molecule has 1 atom stereocenters. The SMILES string of the molecule is CC(=O)NCc1ccc(CNC(=O)[C@@H](CCCN=C(N)N)NC(=O)C(c2ccccc2)c2ccccc2)cc1.O=C(O)C(F)(F)F. The lowest BCUT2D eigenvalue weighted by atomic mass is 9.90. The largest absolute Gasteiger partial charge is 0.490 e. The van der Waals surface area contributed by atoms with E-state index in [1.807, 2.05) is 84.9 Å². The molecule has 11 nitrogen and oxygen atoms in total. The third-order valence-corrected chi connectivity index (χ3v) is 6.38. The van der Waals surface area contributed by atoms with Crippen LogP contribution in [0, 0.1) is 0 Å². The number of nitrogens with two attached hydrogens (primary N) is 2. The second-order valence-corrected chi connectivity index (χ2v) is 10.0. The Bertz CT molecular complexity index is 1410. The Hall–Kier alpha value is -5.40. The van der Waals surface area contributed by atoms with E-state index in [0.29, 0.717) is 32.5 Å². The lowest BCUT2D eigenvalue weighted by Gasteiger charge is -2.23. The van der Waals surface area contributed by atoms with Crippen molar-refractivity contribution < 1.29 is 37.5 Å². The van der Waals surface area contributed by atoms with Gasteiger partial charge < -0.3 is 32.5 Å². The Balaban J connectivity index is 0.000000942. The van der Waals surface area contributed by atoms with Gasteiger partial charge in [0.15, 0.2) is 5.96 Å². The lowest BCUT2D eigenvalue weighted by molar-refractivity contribution is -0.192. The van der Waals surface area contributed by atoms with E-state index < -0.39 is 24.1 Å². The van der Waals surface area contributed by atoms with Crippen LogP contribution >= 0.6 is 0 Å². The molecule has 0 aromatic heterocycles. The molecule has 0 bridgehead atoms. The van der Waals surface area contributed by atoms with Gasteiger partial charge in [0.1, 0.15) is 6.04 Å². The lowest BCUT2D eigenvalue weighted by Crippen LogP contribution is -2.48. The van der Waals surface area contributed by atoms with Crippen LogP contribution in [-0.4, -0.2) is 53.5 Å². The summed E-state index contributed by atoms with van der Waals surface area (Å²) in [4.78, 5) is 50.9. The first-order valence-electron chi connectivity index (χ1n) is 14.1. The molecule has 3 rings (SSSR count). The first-order valence-corrected chi connectivity index (χ1v) is 14.1. The number of amides is 3. The number of alkyl halides is 3. The molecule has 14 heteroatoms. The molecule has 46 heavy (non-hydrogen) atoms. The third kappa shape index (κ3) is 13.5. The fourth-order valence-corrected chi connectivity index (χ4v) is 4.13. The van der Waals surface area contributed by atoms with Gasteiger partial charge in [-0.25, -0.2) is 4.79 Å². The normalized spacial score (nSPS) is 11.3. The second kappa shape index (κ2) is 18.4. The minimum absolute atomic E-state index is 0.0183. The van der Waals surface area contributed by atoms with Crippen LogP contribution in [0.25, 0.3) is 0 Å². The quantitative estimate of drug-likeness (QED) is 0.0939. The number of rotatable bonds is 13. The van der Waals surface area contributed by atoms with Crippen LogP contribution in [0.1, 0.15) is 47.9 Å². The molecule has 0 heterocycles. The summed E-state index contributed by atoms with van der Waals surface area (Å²) in [5, 5.41) is 15.8. The number of nitrogens with zero attached hydrogens (tertiary/aromatic N) is 1. The Morgan fingerprint density at radius 1 is 0.783 bits per heavy atom. The number of nitrogens with one attached hydrogen (secondary N) is 3. The molecule has 3 aromatic carbocycles. The van der Waals surface area contributed by atoms with E-state index in [2.05, 4.69) is 20.9 Å². The van der Waals surface area contributed by atoms with Gasteiger partial charge in [-0.3, -0.25) is 19.4 Å². The highest BCUT2D eigenvalue weighted by atomic mass is 19.4. The van der Waals surface area contributed by atoms with Crippen molar-refractivity contribution in [1.82, 2.24) is 16.0 Å². The number of carboxylic acids is 1. The van der Waals surface area contributed by atoms with Gasteiger partial charge in [-0.15, -0.1) is 0 Å². The Morgan fingerprint density at radius 3 is 1.65 bits per heavy atom. The van der Waals surface area contributed by atoms with Crippen molar-refractivity contribution in [2.75, 3.05) is 6.54 Å². The van der Waals surface area contributed by atoms with Crippen LogP contribution in [-0.2, 0) is 32.3 Å². The highest BCUT2D eigenvalue weighted by Crippen LogP contribution is 2.25. The van der Waals surface area contributed by atoms with Gasteiger partial charge in [0.25, 0.3) is 0 Å². The monoisotopic (exact) mass is 642 g/mol. The molecule has 0 unspecified atom stereocenters. The average molecular weight is 643 g/mol. The fraction of sp³-hybridized carbons (Fsp3) is 0.281. The number of carbonyl (C=O) groups excluding carboxylic acids is 3. The van der Waals surface area contributed by atoms with Gasteiger partial charge in [0, 0.05) is 26.6 Å². The van der Waals surface area contributed by atoms with E-state index in [-0.39, 0.29) is 23.7 Å². The zero-order valence-corrected chi connectivity index (χ0v) is 25.1.